The molecule has 0 aromatic carbocycles. The maximum absolute atomic E-state index is 4.60. The van der Waals surface area contributed by atoms with Crippen molar-refractivity contribution in [1.29, 1.82) is 0 Å². The molecular weight excluding hydrogens is 214 g/mol. The molecule has 0 atom stereocenters. The maximum Gasteiger partial charge on any atom is 0.158 e. The summed E-state index contributed by atoms with van der Waals surface area (Å²) in [6, 6.07) is 0. The Balaban J connectivity index is 2.71. The minimum absolute atomic E-state index is 0.906. The molecule has 3 heterocycles. The average molecular weight is 227 g/mol. The number of aromatic nitrogens is 5. The largest absolute Gasteiger partial charge is 0.250 e. The van der Waals surface area contributed by atoms with Crippen molar-refractivity contribution >= 4 is 21.8 Å². The van der Waals surface area contributed by atoms with Gasteiger partial charge in [0.2, 0.25) is 0 Å². The van der Waals surface area contributed by atoms with E-state index in [9.17, 15) is 0 Å². The number of nitrogens with zero attached hydrogens (tertiary/aromatic N) is 5. The second kappa shape index (κ2) is 3.23. The normalized spacial score (nSPS) is 11.5. The number of pyridine rings is 1. The van der Waals surface area contributed by atoms with E-state index in [-0.39, 0.29) is 0 Å². The number of rotatable bonds is 0. The first-order valence-corrected chi connectivity index (χ1v) is 5.51. The van der Waals surface area contributed by atoms with E-state index in [4.69, 9.17) is 0 Å². The number of fused-ring (bicyclic) bond motifs is 3. The first-order chi connectivity index (χ1) is 8.09. The van der Waals surface area contributed by atoms with Gasteiger partial charge in [-0.05, 0) is 20.8 Å². The van der Waals surface area contributed by atoms with Crippen molar-refractivity contribution in [2.75, 3.05) is 0 Å². The molecular formula is C12H13N5. The lowest BCUT2D eigenvalue weighted by Crippen LogP contribution is -1.96. The van der Waals surface area contributed by atoms with Gasteiger partial charge in [-0.3, -0.25) is 4.68 Å². The van der Waals surface area contributed by atoms with Crippen LogP contribution in [0.25, 0.3) is 21.8 Å². The Kier molecular flexibility index (Phi) is 1.92. The summed E-state index contributed by atoms with van der Waals surface area (Å²) in [5, 5.41) is 15.8. The molecule has 0 fully saturated rings. The average Bonchev–Trinajstić information content (AvgIpc) is 2.55. The molecule has 0 spiro atoms. The van der Waals surface area contributed by atoms with Crippen molar-refractivity contribution in [3.63, 3.8) is 0 Å². The Labute approximate surface area is 98.5 Å². The minimum atomic E-state index is 0.906. The highest BCUT2D eigenvalue weighted by atomic mass is 15.3. The maximum atomic E-state index is 4.60. The number of aryl methyl sites for hydroxylation is 4. The molecule has 0 radical (unpaired) electrons. The Morgan fingerprint density at radius 3 is 2.53 bits per heavy atom. The van der Waals surface area contributed by atoms with E-state index in [0.717, 1.165) is 38.9 Å². The van der Waals surface area contributed by atoms with Gasteiger partial charge in [-0.1, -0.05) is 0 Å². The quantitative estimate of drug-likeness (QED) is 0.588. The Hall–Kier alpha value is -2.04. The predicted molar refractivity (Wildman–Crippen MR) is 65.8 cm³/mol. The minimum Gasteiger partial charge on any atom is -0.250 e. The molecule has 86 valence electrons. The second-order valence-corrected chi connectivity index (χ2v) is 4.32. The van der Waals surface area contributed by atoms with E-state index < -0.39 is 0 Å². The van der Waals surface area contributed by atoms with Crippen molar-refractivity contribution in [1.82, 2.24) is 25.0 Å². The third-order valence-corrected chi connectivity index (χ3v) is 3.13. The Morgan fingerprint density at radius 2 is 1.76 bits per heavy atom. The molecule has 0 bridgehead atoms. The summed E-state index contributed by atoms with van der Waals surface area (Å²) in [6.45, 7) is 5.96. The van der Waals surface area contributed by atoms with Gasteiger partial charge in [-0.25, -0.2) is 4.98 Å². The molecule has 0 amide bonds. The fourth-order valence-corrected chi connectivity index (χ4v) is 2.36. The molecule has 3 rings (SSSR count). The molecule has 3 aromatic heterocycles. The molecule has 17 heavy (non-hydrogen) atoms. The van der Waals surface area contributed by atoms with Crippen LogP contribution in [0.3, 0.4) is 0 Å². The van der Waals surface area contributed by atoms with Gasteiger partial charge < -0.3 is 0 Å². The molecule has 0 saturated carbocycles. The van der Waals surface area contributed by atoms with Gasteiger partial charge in [0.25, 0.3) is 0 Å². The fourth-order valence-electron chi connectivity index (χ4n) is 2.36. The Morgan fingerprint density at radius 1 is 1.00 bits per heavy atom. The van der Waals surface area contributed by atoms with Crippen LogP contribution < -0.4 is 0 Å². The van der Waals surface area contributed by atoms with E-state index in [1.54, 1.807) is 6.20 Å². The van der Waals surface area contributed by atoms with E-state index in [1.807, 2.05) is 32.5 Å². The number of hydrogen-bond donors (Lipinski definition) is 0. The van der Waals surface area contributed by atoms with E-state index >= 15 is 0 Å². The van der Waals surface area contributed by atoms with Crippen LogP contribution in [0.5, 0.6) is 0 Å². The summed E-state index contributed by atoms with van der Waals surface area (Å²) in [6.07, 6.45) is 1.77. The summed E-state index contributed by atoms with van der Waals surface area (Å²) < 4.78 is 1.82. The van der Waals surface area contributed by atoms with Crippen LogP contribution in [-0.4, -0.2) is 25.0 Å². The molecule has 0 aliphatic rings. The SMILES string of the molecule is Cc1nc2c(c(C)nn2C)c2c(C)nncc12. The van der Waals surface area contributed by atoms with Gasteiger partial charge in [0, 0.05) is 23.5 Å². The molecule has 5 nitrogen and oxygen atoms in total. The monoisotopic (exact) mass is 227 g/mol. The molecule has 0 N–H and O–H groups in total. The van der Waals surface area contributed by atoms with Crippen LogP contribution in [-0.2, 0) is 7.05 Å². The third kappa shape index (κ3) is 1.25. The highest BCUT2D eigenvalue weighted by Crippen LogP contribution is 2.28. The van der Waals surface area contributed by atoms with Crippen LogP contribution >= 0.6 is 0 Å². The van der Waals surface area contributed by atoms with Gasteiger partial charge >= 0.3 is 0 Å². The summed E-state index contributed by atoms with van der Waals surface area (Å²) in [7, 11) is 1.91. The zero-order valence-electron chi connectivity index (χ0n) is 10.3. The van der Waals surface area contributed by atoms with Crippen LogP contribution in [0.2, 0.25) is 0 Å². The molecule has 3 aromatic rings. The first kappa shape index (κ1) is 10.1. The van der Waals surface area contributed by atoms with Crippen LogP contribution in [0.4, 0.5) is 0 Å². The molecule has 0 aliphatic carbocycles. The fraction of sp³-hybridized carbons (Fsp3) is 0.333. The van der Waals surface area contributed by atoms with Gasteiger partial charge in [0.15, 0.2) is 5.65 Å². The molecule has 0 saturated heterocycles. The predicted octanol–water partition coefficient (Wildman–Crippen LogP) is 1.84. The first-order valence-electron chi connectivity index (χ1n) is 5.51. The lowest BCUT2D eigenvalue weighted by atomic mass is 10.1. The summed E-state index contributed by atoms with van der Waals surface area (Å²) in [5.41, 5.74) is 3.78. The standard InChI is InChI=1S/C12H13N5/c1-6-9-5-13-15-7(2)10(9)11-8(3)16-17(4)12(11)14-6/h5H,1-4H3. The lowest BCUT2D eigenvalue weighted by molar-refractivity contribution is 0.773. The van der Waals surface area contributed by atoms with Crippen molar-refractivity contribution < 1.29 is 0 Å². The smallest absolute Gasteiger partial charge is 0.158 e. The lowest BCUT2D eigenvalue weighted by Gasteiger charge is -2.05. The Bertz CT molecular complexity index is 742. The molecule has 0 aliphatic heterocycles. The summed E-state index contributed by atoms with van der Waals surface area (Å²) in [4.78, 5) is 4.60. The van der Waals surface area contributed by atoms with Crippen molar-refractivity contribution in [3.8, 4) is 0 Å². The van der Waals surface area contributed by atoms with Gasteiger partial charge in [-0.2, -0.15) is 15.3 Å². The van der Waals surface area contributed by atoms with Crippen molar-refractivity contribution in [3.05, 3.63) is 23.3 Å². The molecule has 0 unspecified atom stereocenters. The van der Waals surface area contributed by atoms with Crippen LogP contribution in [0.1, 0.15) is 17.1 Å². The zero-order valence-corrected chi connectivity index (χ0v) is 10.3. The van der Waals surface area contributed by atoms with Gasteiger partial charge in [0.05, 0.1) is 23.0 Å². The van der Waals surface area contributed by atoms with Crippen molar-refractivity contribution in [2.24, 2.45) is 7.05 Å². The highest BCUT2D eigenvalue weighted by Gasteiger charge is 2.14. The molecule has 5 heteroatoms. The van der Waals surface area contributed by atoms with Gasteiger partial charge in [-0.15, -0.1) is 0 Å². The van der Waals surface area contributed by atoms with Crippen LogP contribution in [0, 0.1) is 20.8 Å². The third-order valence-electron chi connectivity index (χ3n) is 3.13. The van der Waals surface area contributed by atoms with Gasteiger partial charge in [0.1, 0.15) is 0 Å². The van der Waals surface area contributed by atoms with Crippen molar-refractivity contribution in [2.45, 2.75) is 20.8 Å². The zero-order chi connectivity index (χ0) is 12.2. The highest BCUT2D eigenvalue weighted by molar-refractivity contribution is 6.07. The summed E-state index contributed by atoms with van der Waals surface area (Å²) in [5.74, 6) is 0. The summed E-state index contributed by atoms with van der Waals surface area (Å²) >= 11 is 0. The topological polar surface area (TPSA) is 56.5 Å². The second-order valence-electron chi connectivity index (χ2n) is 4.32. The van der Waals surface area contributed by atoms with E-state index in [1.165, 1.54) is 0 Å². The van der Waals surface area contributed by atoms with E-state index in [0.29, 0.717) is 0 Å². The number of hydrogen-bond acceptors (Lipinski definition) is 4. The van der Waals surface area contributed by atoms with E-state index in [2.05, 4.69) is 20.3 Å². The van der Waals surface area contributed by atoms with Crippen LogP contribution in [0.15, 0.2) is 6.20 Å².